The molecule has 0 fully saturated rings. The molecule has 1 amide bonds. The van der Waals surface area contributed by atoms with Crippen LogP contribution in [0.4, 0.5) is 5.69 Å². The number of aryl methyl sites for hydroxylation is 1. The van der Waals surface area contributed by atoms with Crippen LogP contribution in [0.25, 0.3) is 0 Å². The van der Waals surface area contributed by atoms with Crippen LogP contribution in [0.2, 0.25) is 0 Å². The van der Waals surface area contributed by atoms with E-state index in [4.69, 9.17) is 4.74 Å². The third-order valence-corrected chi connectivity index (χ3v) is 5.49. The monoisotopic (exact) mass is 404 g/mol. The van der Waals surface area contributed by atoms with E-state index in [1.165, 1.54) is 0 Å². The van der Waals surface area contributed by atoms with E-state index in [2.05, 4.69) is 5.32 Å². The molecule has 6 nitrogen and oxygen atoms in total. The molecule has 0 unspecified atom stereocenters. The number of sulfonamides is 1. The van der Waals surface area contributed by atoms with Crippen molar-refractivity contribution in [3.8, 4) is 5.75 Å². The second-order valence-electron chi connectivity index (χ2n) is 6.64. The third kappa shape index (κ3) is 5.99. The fourth-order valence-electron chi connectivity index (χ4n) is 2.87. The summed E-state index contributed by atoms with van der Waals surface area (Å²) in [7, 11) is -3.62. The van der Waals surface area contributed by atoms with E-state index in [1.807, 2.05) is 45.0 Å². The Hall–Kier alpha value is -2.54. The predicted molar refractivity (Wildman–Crippen MR) is 112 cm³/mol. The molecular formula is C21H28N2O4S. The number of rotatable bonds is 9. The van der Waals surface area contributed by atoms with Crippen LogP contribution in [0.5, 0.6) is 5.75 Å². The topological polar surface area (TPSA) is 75.7 Å². The van der Waals surface area contributed by atoms with Crippen LogP contribution in [0.1, 0.15) is 37.4 Å². The molecule has 0 aliphatic rings. The summed E-state index contributed by atoms with van der Waals surface area (Å²) in [5, 5.41) is 2.94. The number of anilines is 1. The van der Waals surface area contributed by atoms with Crippen LogP contribution in [0.15, 0.2) is 48.5 Å². The maximum Gasteiger partial charge on any atom is 0.241 e. The van der Waals surface area contributed by atoms with Crippen molar-refractivity contribution in [2.75, 3.05) is 23.7 Å². The van der Waals surface area contributed by atoms with Gasteiger partial charge < -0.3 is 10.1 Å². The molecule has 2 aromatic rings. The Morgan fingerprint density at radius 2 is 1.68 bits per heavy atom. The maximum absolute atomic E-state index is 12.6. The van der Waals surface area contributed by atoms with E-state index in [1.54, 1.807) is 24.3 Å². The molecule has 0 bridgehead atoms. The fourth-order valence-corrected chi connectivity index (χ4v) is 3.72. The van der Waals surface area contributed by atoms with Crippen molar-refractivity contribution in [1.29, 1.82) is 0 Å². The highest BCUT2D eigenvalue weighted by Gasteiger charge is 2.22. The third-order valence-electron chi connectivity index (χ3n) is 4.35. The fraction of sp³-hybridized carbons (Fsp3) is 0.381. The minimum absolute atomic E-state index is 0.171. The Bertz CT molecular complexity index is 878. The first-order chi connectivity index (χ1) is 13.2. The van der Waals surface area contributed by atoms with E-state index in [0.29, 0.717) is 24.5 Å². The Kier molecular flexibility index (Phi) is 7.45. The summed E-state index contributed by atoms with van der Waals surface area (Å²) in [6.07, 6.45) is 1.80. The summed E-state index contributed by atoms with van der Waals surface area (Å²) < 4.78 is 31.0. The van der Waals surface area contributed by atoms with Crippen molar-refractivity contribution in [2.24, 2.45) is 0 Å². The van der Waals surface area contributed by atoms with Gasteiger partial charge in [0, 0.05) is 0 Å². The van der Waals surface area contributed by atoms with Gasteiger partial charge in [-0.3, -0.25) is 9.10 Å². The Morgan fingerprint density at radius 3 is 2.18 bits per heavy atom. The molecule has 0 aromatic heterocycles. The first-order valence-electron chi connectivity index (χ1n) is 9.31. The number of hydrogen-bond donors (Lipinski definition) is 1. The van der Waals surface area contributed by atoms with Crippen LogP contribution < -0.4 is 14.4 Å². The number of carbonyl (C=O) groups is 1. The highest BCUT2D eigenvalue weighted by molar-refractivity contribution is 7.92. The number of amides is 1. The molecule has 0 saturated heterocycles. The van der Waals surface area contributed by atoms with Gasteiger partial charge in [-0.1, -0.05) is 36.8 Å². The molecule has 1 N–H and O–H groups in total. The summed E-state index contributed by atoms with van der Waals surface area (Å²) in [4.78, 5) is 12.6. The average Bonchev–Trinajstić information content (AvgIpc) is 2.65. The normalized spacial score (nSPS) is 12.3. The van der Waals surface area contributed by atoms with Crippen molar-refractivity contribution < 1.29 is 17.9 Å². The van der Waals surface area contributed by atoms with Crippen LogP contribution >= 0.6 is 0 Å². The van der Waals surface area contributed by atoms with Crippen LogP contribution in [0.3, 0.4) is 0 Å². The lowest BCUT2D eigenvalue weighted by Gasteiger charge is -2.24. The summed E-state index contributed by atoms with van der Waals surface area (Å²) in [5.41, 5.74) is 2.56. The van der Waals surface area contributed by atoms with Gasteiger partial charge in [-0.05, 0) is 50.1 Å². The lowest BCUT2D eigenvalue weighted by atomic mass is 10.0. The largest absolute Gasteiger partial charge is 0.494 e. The number of nitrogens with zero attached hydrogens (tertiary/aromatic N) is 1. The first kappa shape index (κ1) is 21.8. The lowest BCUT2D eigenvalue weighted by molar-refractivity contribution is -0.120. The van der Waals surface area contributed by atoms with Gasteiger partial charge in [-0.15, -0.1) is 0 Å². The van der Waals surface area contributed by atoms with Crippen molar-refractivity contribution in [3.63, 3.8) is 0 Å². The van der Waals surface area contributed by atoms with E-state index in [0.717, 1.165) is 21.7 Å². The van der Waals surface area contributed by atoms with E-state index < -0.39 is 10.0 Å². The Morgan fingerprint density at radius 1 is 1.07 bits per heavy atom. The zero-order valence-corrected chi connectivity index (χ0v) is 17.6. The van der Waals surface area contributed by atoms with Crippen LogP contribution in [-0.4, -0.2) is 33.7 Å². The number of benzene rings is 2. The second kappa shape index (κ2) is 9.59. The molecule has 0 saturated carbocycles. The predicted octanol–water partition coefficient (Wildman–Crippen LogP) is 3.43. The molecule has 1 atom stereocenters. The highest BCUT2D eigenvalue weighted by Crippen LogP contribution is 2.22. The highest BCUT2D eigenvalue weighted by atomic mass is 32.2. The maximum atomic E-state index is 12.6. The first-order valence-corrected chi connectivity index (χ1v) is 11.2. The van der Waals surface area contributed by atoms with Crippen molar-refractivity contribution in [2.45, 2.75) is 33.2 Å². The zero-order valence-electron chi connectivity index (χ0n) is 16.8. The average molecular weight is 405 g/mol. The van der Waals surface area contributed by atoms with E-state index >= 15 is 0 Å². The van der Waals surface area contributed by atoms with Gasteiger partial charge >= 0.3 is 0 Å². The lowest BCUT2D eigenvalue weighted by Crippen LogP contribution is -2.41. The smallest absolute Gasteiger partial charge is 0.241 e. The number of carbonyl (C=O) groups excluding carboxylic acids is 1. The quantitative estimate of drug-likeness (QED) is 0.695. The molecule has 0 aliphatic carbocycles. The van der Waals surface area contributed by atoms with Gasteiger partial charge in [-0.2, -0.15) is 0 Å². The van der Waals surface area contributed by atoms with Gasteiger partial charge in [0.2, 0.25) is 15.9 Å². The molecular weight excluding hydrogens is 376 g/mol. The molecule has 2 rings (SSSR count). The SMILES string of the molecule is CCOc1ccc(N(CC(=O)N[C@@H](CC)c2ccc(C)cc2)S(C)(=O)=O)cc1. The van der Waals surface area contributed by atoms with Crippen molar-refractivity contribution >= 4 is 21.6 Å². The summed E-state index contributed by atoms with van der Waals surface area (Å²) in [6.45, 7) is 6.10. The van der Waals surface area contributed by atoms with Gasteiger partial charge in [0.25, 0.3) is 0 Å². The molecule has 2 aromatic carbocycles. The standard InChI is InChI=1S/C21H28N2O4S/c1-5-20(17-9-7-16(3)8-10-17)22-21(24)15-23(28(4,25)26)18-11-13-19(14-12-18)27-6-2/h7-14,20H,5-6,15H2,1-4H3,(H,22,24)/t20-/m0/s1. The Labute approximate surface area is 167 Å². The minimum atomic E-state index is -3.62. The molecule has 28 heavy (non-hydrogen) atoms. The molecule has 0 radical (unpaired) electrons. The summed E-state index contributed by atoms with van der Waals surface area (Å²) >= 11 is 0. The zero-order chi connectivity index (χ0) is 20.7. The van der Waals surface area contributed by atoms with Gasteiger partial charge in [0.15, 0.2) is 0 Å². The Balaban J connectivity index is 2.15. The van der Waals surface area contributed by atoms with Crippen LogP contribution in [-0.2, 0) is 14.8 Å². The summed E-state index contributed by atoms with van der Waals surface area (Å²) in [6, 6.07) is 14.4. The molecule has 0 aliphatic heterocycles. The molecule has 152 valence electrons. The van der Waals surface area contributed by atoms with E-state index in [-0.39, 0.29) is 18.5 Å². The number of nitrogens with one attached hydrogen (secondary N) is 1. The van der Waals surface area contributed by atoms with Gasteiger partial charge in [0.05, 0.1) is 24.6 Å². The van der Waals surface area contributed by atoms with Crippen LogP contribution in [0, 0.1) is 6.92 Å². The van der Waals surface area contributed by atoms with Crippen molar-refractivity contribution in [3.05, 3.63) is 59.7 Å². The minimum Gasteiger partial charge on any atom is -0.494 e. The number of hydrogen-bond acceptors (Lipinski definition) is 4. The summed E-state index contributed by atoms with van der Waals surface area (Å²) in [5.74, 6) is 0.293. The molecule has 7 heteroatoms. The van der Waals surface area contributed by atoms with Gasteiger partial charge in [0.1, 0.15) is 12.3 Å². The molecule has 0 heterocycles. The number of ether oxygens (including phenoxy) is 1. The second-order valence-corrected chi connectivity index (χ2v) is 8.54. The van der Waals surface area contributed by atoms with Gasteiger partial charge in [-0.25, -0.2) is 8.42 Å². The van der Waals surface area contributed by atoms with E-state index in [9.17, 15) is 13.2 Å². The van der Waals surface area contributed by atoms with Crippen molar-refractivity contribution in [1.82, 2.24) is 5.32 Å². The molecule has 0 spiro atoms.